The number of nitrogen functional groups attached to an aromatic ring is 1. The van der Waals surface area contributed by atoms with Crippen LogP contribution >= 0.6 is 0 Å². The molecule has 0 unspecified atom stereocenters. The number of benzene rings is 1. The monoisotopic (exact) mass is 269 g/mol. The zero-order chi connectivity index (χ0) is 14.0. The maximum atomic E-state index is 12.5. The maximum absolute atomic E-state index is 12.5. The quantitative estimate of drug-likeness (QED) is 0.905. The predicted octanol–water partition coefficient (Wildman–Crippen LogP) is 1.89. The van der Waals surface area contributed by atoms with Crippen LogP contribution in [0.2, 0.25) is 0 Å². The van der Waals surface area contributed by atoms with Gasteiger partial charge in [0.2, 0.25) is 0 Å². The molecule has 0 aliphatic carbocycles. The number of anilines is 1. The number of nitrogens with zero attached hydrogens (tertiary/aromatic N) is 2. The summed E-state index contributed by atoms with van der Waals surface area (Å²) in [5, 5.41) is 3.76. The second-order valence-electron chi connectivity index (χ2n) is 3.95. The molecule has 2 aromatic rings. The molecule has 1 aromatic carbocycles. The summed E-state index contributed by atoms with van der Waals surface area (Å²) in [6.07, 6.45) is -4.41. The van der Waals surface area contributed by atoms with Crippen molar-refractivity contribution in [2.75, 3.05) is 5.73 Å². The van der Waals surface area contributed by atoms with Crippen LogP contribution in [0.25, 0.3) is 0 Å². The molecule has 2 rings (SSSR count). The molecular formula is C12H10F3N3O. The van der Waals surface area contributed by atoms with Gasteiger partial charge >= 0.3 is 6.18 Å². The molecule has 0 aliphatic heterocycles. The topological polar surface area (TPSA) is 60.9 Å². The van der Waals surface area contributed by atoms with E-state index in [1.165, 1.54) is 24.3 Å². The maximum Gasteiger partial charge on any atom is 0.416 e. The molecule has 0 spiro atoms. The molecular weight excluding hydrogens is 259 g/mol. The molecule has 0 aliphatic rings. The van der Waals surface area contributed by atoms with Crippen LogP contribution in [0.4, 0.5) is 19.0 Å². The SMILES string of the molecule is Nc1ccc(=O)n(Cc2cccc(C(F)(F)F)c2)n1. The largest absolute Gasteiger partial charge is 0.416 e. The van der Waals surface area contributed by atoms with Crippen LogP contribution in [0.1, 0.15) is 11.1 Å². The van der Waals surface area contributed by atoms with Crippen LogP contribution in [0, 0.1) is 0 Å². The summed E-state index contributed by atoms with van der Waals surface area (Å²) >= 11 is 0. The van der Waals surface area contributed by atoms with Crippen molar-refractivity contribution in [2.45, 2.75) is 12.7 Å². The number of rotatable bonds is 2. The molecule has 2 N–H and O–H groups in total. The van der Waals surface area contributed by atoms with Gasteiger partial charge in [0, 0.05) is 6.07 Å². The molecule has 0 amide bonds. The first kappa shape index (κ1) is 13.1. The minimum atomic E-state index is -4.41. The van der Waals surface area contributed by atoms with Gasteiger partial charge in [-0.15, -0.1) is 0 Å². The first-order valence-electron chi connectivity index (χ1n) is 5.36. The van der Waals surface area contributed by atoms with Crippen LogP contribution in [0.15, 0.2) is 41.2 Å². The van der Waals surface area contributed by atoms with Gasteiger partial charge in [-0.05, 0) is 23.8 Å². The Hall–Kier alpha value is -2.31. The Morgan fingerprint density at radius 1 is 1.21 bits per heavy atom. The van der Waals surface area contributed by atoms with E-state index in [-0.39, 0.29) is 12.4 Å². The Morgan fingerprint density at radius 2 is 1.95 bits per heavy atom. The molecule has 100 valence electrons. The molecule has 0 fully saturated rings. The van der Waals surface area contributed by atoms with Crippen molar-refractivity contribution in [3.8, 4) is 0 Å². The van der Waals surface area contributed by atoms with Crippen molar-refractivity contribution in [3.05, 3.63) is 57.9 Å². The third kappa shape index (κ3) is 3.12. The number of aromatic nitrogens is 2. The highest BCUT2D eigenvalue weighted by molar-refractivity contribution is 5.27. The lowest BCUT2D eigenvalue weighted by Gasteiger charge is -2.09. The zero-order valence-electron chi connectivity index (χ0n) is 9.69. The van der Waals surface area contributed by atoms with Gasteiger partial charge < -0.3 is 5.73 Å². The highest BCUT2D eigenvalue weighted by atomic mass is 19.4. The van der Waals surface area contributed by atoms with E-state index < -0.39 is 17.3 Å². The van der Waals surface area contributed by atoms with E-state index in [0.717, 1.165) is 16.8 Å². The summed E-state index contributed by atoms with van der Waals surface area (Å²) in [4.78, 5) is 11.5. The third-order valence-corrected chi connectivity index (χ3v) is 2.47. The Balaban J connectivity index is 2.34. The van der Waals surface area contributed by atoms with Crippen LogP contribution in [0.5, 0.6) is 0 Å². The van der Waals surface area contributed by atoms with Crippen molar-refractivity contribution in [1.29, 1.82) is 0 Å². The lowest BCUT2D eigenvalue weighted by Crippen LogP contribution is -2.23. The lowest BCUT2D eigenvalue weighted by molar-refractivity contribution is -0.137. The third-order valence-electron chi connectivity index (χ3n) is 2.47. The highest BCUT2D eigenvalue weighted by Gasteiger charge is 2.30. The van der Waals surface area contributed by atoms with Crippen LogP contribution < -0.4 is 11.3 Å². The van der Waals surface area contributed by atoms with Gasteiger partial charge in [-0.25, -0.2) is 4.68 Å². The molecule has 7 heteroatoms. The fourth-order valence-electron chi connectivity index (χ4n) is 1.60. The van der Waals surface area contributed by atoms with Gasteiger partial charge in [0.15, 0.2) is 0 Å². The zero-order valence-corrected chi connectivity index (χ0v) is 9.69. The minimum Gasteiger partial charge on any atom is -0.382 e. The molecule has 1 aromatic heterocycles. The van der Waals surface area contributed by atoms with Gasteiger partial charge in [-0.2, -0.15) is 18.3 Å². The van der Waals surface area contributed by atoms with Gasteiger partial charge in [0.25, 0.3) is 5.56 Å². The van der Waals surface area contributed by atoms with E-state index in [4.69, 9.17) is 5.73 Å². The van der Waals surface area contributed by atoms with E-state index in [0.29, 0.717) is 5.56 Å². The molecule has 1 heterocycles. The van der Waals surface area contributed by atoms with E-state index in [9.17, 15) is 18.0 Å². The van der Waals surface area contributed by atoms with Crippen LogP contribution in [0.3, 0.4) is 0 Å². The Kier molecular flexibility index (Phi) is 3.28. The van der Waals surface area contributed by atoms with Gasteiger partial charge in [-0.3, -0.25) is 4.79 Å². The van der Waals surface area contributed by atoms with Crippen molar-refractivity contribution < 1.29 is 13.2 Å². The summed E-state index contributed by atoms with van der Waals surface area (Å²) in [6.45, 7) is -0.0617. The Bertz CT molecular complexity index is 649. The number of halogens is 3. The standard InChI is InChI=1S/C12H10F3N3O/c13-12(14,15)9-3-1-2-8(6-9)7-18-11(19)5-4-10(16)17-18/h1-6H,7H2,(H2,16,17). The van der Waals surface area contributed by atoms with E-state index in [1.807, 2.05) is 0 Å². The Morgan fingerprint density at radius 3 is 2.63 bits per heavy atom. The van der Waals surface area contributed by atoms with E-state index in [2.05, 4.69) is 5.10 Å². The molecule has 4 nitrogen and oxygen atoms in total. The number of alkyl halides is 3. The summed E-state index contributed by atoms with van der Waals surface area (Å²) in [7, 11) is 0. The van der Waals surface area contributed by atoms with Crippen LogP contribution in [-0.2, 0) is 12.7 Å². The van der Waals surface area contributed by atoms with Crippen molar-refractivity contribution in [2.24, 2.45) is 0 Å². The normalized spacial score (nSPS) is 11.5. The molecule has 0 atom stereocenters. The summed E-state index contributed by atoms with van der Waals surface area (Å²) < 4.78 is 38.7. The Labute approximate surface area is 106 Å². The first-order chi connectivity index (χ1) is 8.86. The fraction of sp³-hybridized carbons (Fsp3) is 0.167. The second kappa shape index (κ2) is 4.75. The fourth-order valence-corrected chi connectivity index (χ4v) is 1.60. The number of nitrogens with two attached hydrogens (primary N) is 1. The minimum absolute atomic E-state index is 0.0617. The van der Waals surface area contributed by atoms with Gasteiger partial charge in [0.05, 0.1) is 12.1 Å². The molecule has 0 saturated carbocycles. The predicted molar refractivity (Wildman–Crippen MR) is 63.5 cm³/mol. The van der Waals surface area contributed by atoms with Crippen molar-refractivity contribution >= 4 is 5.82 Å². The summed E-state index contributed by atoms with van der Waals surface area (Å²) in [5.74, 6) is 0.131. The highest BCUT2D eigenvalue weighted by Crippen LogP contribution is 2.29. The summed E-state index contributed by atoms with van der Waals surface area (Å²) in [6, 6.07) is 7.29. The molecule has 0 radical (unpaired) electrons. The van der Waals surface area contributed by atoms with Crippen LogP contribution in [-0.4, -0.2) is 9.78 Å². The average Bonchev–Trinajstić information content (AvgIpc) is 2.33. The average molecular weight is 269 g/mol. The van der Waals surface area contributed by atoms with Gasteiger partial charge in [0.1, 0.15) is 5.82 Å². The molecule has 0 bridgehead atoms. The number of hydrogen-bond donors (Lipinski definition) is 1. The molecule has 19 heavy (non-hydrogen) atoms. The smallest absolute Gasteiger partial charge is 0.382 e. The van der Waals surface area contributed by atoms with E-state index in [1.54, 1.807) is 0 Å². The van der Waals surface area contributed by atoms with Gasteiger partial charge in [-0.1, -0.05) is 12.1 Å². The van der Waals surface area contributed by atoms with E-state index >= 15 is 0 Å². The molecule has 0 saturated heterocycles. The summed E-state index contributed by atoms with van der Waals surface area (Å²) in [5.41, 5.74) is 4.57. The number of hydrogen-bond acceptors (Lipinski definition) is 3. The first-order valence-corrected chi connectivity index (χ1v) is 5.36. The second-order valence-corrected chi connectivity index (χ2v) is 3.95. The van der Waals surface area contributed by atoms with Crippen molar-refractivity contribution in [1.82, 2.24) is 9.78 Å². The van der Waals surface area contributed by atoms with Crippen molar-refractivity contribution in [3.63, 3.8) is 0 Å². The lowest BCUT2D eigenvalue weighted by atomic mass is 10.1.